The van der Waals surface area contributed by atoms with E-state index in [2.05, 4.69) is 21.2 Å². The van der Waals surface area contributed by atoms with Gasteiger partial charge in [-0.25, -0.2) is 0 Å². The molecule has 0 saturated carbocycles. The number of benzene rings is 3. The predicted molar refractivity (Wildman–Crippen MR) is 147 cm³/mol. The minimum Gasteiger partial charge on any atom is -0.324 e. The number of likely N-dealkylation sites (tertiary alicyclic amines) is 1. The summed E-state index contributed by atoms with van der Waals surface area (Å²) in [5, 5.41) is 3.24. The Labute approximate surface area is 237 Å². The summed E-state index contributed by atoms with van der Waals surface area (Å²) in [6.07, 6.45) is 0. The monoisotopic (exact) mass is 616 g/mol. The quantitative estimate of drug-likeness (QED) is 0.276. The van der Waals surface area contributed by atoms with Crippen LogP contribution in [0.5, 0.6) is 0 Å². The van der Waals surface area contributed by atoms with E-state index in [1.165, 1.54) is 6.92 Å². The Morgan fingerprint density at radius 3 is 1.78 bits per heavy atom. The molecule has 1 heterocycles. The smallest absolute Gasteiger partial charge is 0.247 e. The molecule has 4 aliphatic rings. The molecule has 3 atom stereocenters. The molecule has 0 spiro atoms. The van der Waals surface area contributed by atoms with Crippen LogP contribution in [-0.4, -0.2) is 28.7 Å². The van der Waals surface area contributed by atoms with Crippen molar-refractivity contribution in [2.75, 3.05) is 5.32 Å². The maximum atomic E-state index is 14.0. The molecular weight excluding hydrogens is 599 g/mol. The van der Waals surface area contributed by atoms with Crippen LogP contribution >= 0.6 is 50.7 Å². The number of rotatable bonds is 3. The largest absolute Gasteiger partial charge is 0.324 e. The fourth-order valence-electron chi connectivity index (χ4n) is 6.21. The van der Waals surface area contributed by atoms with Crippen molar-refractivity contribution in [1.82, 2.24) is 4.90 Å². The predicted octanol–water partition coefficient (Wildman–Crippen LogP) is 6.33. The summed E-state index contributed by atoms with van der Waals surface area (Å²) >= 11 is 24.5. The van der Waals surface area contributed by atoms with E-state index in [0.717, 1.165) is 10.5 Å². The third-order valence-corrected chi connectivity index (χ3v) is 10.4. The second-order valence-corrected chi connectivity index (χ2v) is 12.2. The van der Waals surface area contributed by atoms with E-state index in [9.17, 15) is 14.4 Å². The number of nitrogens with one attached hydrogen (secondary N) is 1. The first-order chi connectivity index (χ1) is 17.5. The number of anilines is 1. The molecule has 3 aromatic rings. The number of amides is 3. The summed E-state index contributed by atoms with van der Waals surface area (Å²) in [7, 11) is 0. The molecule has 9 heteroatoms. The van der Waals surface area contributed by atoms with Crippen LogP contribution in [0.1, 0.15) is 34.7 Å². The zero-order valence-corrected chi connectivity index (χ0v) is 23.5. The van der Waals surface area contributed by atoms with Crippen LogP contribution in [0.4, 0.5) is 5.69 Å². The first kappa shape index (κ1) is 24.9. The van der Waals surface area contributed by atoms with Crippen molar-refractivity contribution in [3.63, 3.8) is 0 Å². The molecule has 7 rings (SSSR count). The highest BCUT2D eigenvalue weighted by atomic mass is 79.9. The average molecular weight is 619 g/mol. The molecule has 3 aromatic carbocycles. The van der Waals surface area contributed by atoms with Crippen LogP contribution in [0.3, 0.4) is 0 Å². The van der Waals surface area contributed by atoms with Crippen LogP contribution in [-0.2, 0) is 24.1 Å². The zero-order chi connectivity index (χ0) is 26.4. The highest BCUT2D eigenvalue weighted by Gasteiger charge is 2.73. The summed E-state index contributed by atoms with van der Waals surface area (Å²) < 4.78 is 0.695. The lowest BCUT2D eigenvalue weighted by atomic mass is 9.54. The lowest BCUT2D eigenvalue weighted by molar-refractivity contribution is -0.146. The molecule has 1 fully saturated rings. The molecule has 5 nitrogen and oxygen atoms in total. The normalized spacial score (nSPS) is 28.0. The Morgan fingerprint density at radius 1 is 0.919 bits per heavy atom. The SMILES string of the molecule is Cc1cc(Br)c(Cl)cc1NC(=O)[C@H](C)N1C(=O)[C@@H]2[C@@H](C1=O)C1(Cl)c3ccccc3C2(Cl)c2ccccc21. The van der Waals surface area contributed by atoms with Gasteiger partial charge >= 0.3 is 0 Å². The number of halogens is 4. The average Bonchev–Trinajstić information content (AvgIpc) is 3.16. The summed E-state index contributed by atoms with van der Waals surface area (Å²) in [5.74, 6) is -3.44. The second kappa shape index (κ2) is 8.31. The molecular formula is C28H20BrCl3N2O3. The van der Waals surface area contributed by atoms with Crippen molar-refractivity contribution in [3.8, 4) is 0 Å². The molecule has 1 aliphatic heterocycles. The number of carbonyl (C=O) groups excluding carboxylic acids is 3. The number of aryl methyl sites for hydroxylation is 1. The Bertz CT molecular complexity index is 1420. The molecule has 37 heavy (non-hydrogen) atoms. The van der Waals surface area contributed by atoms with E-state index in [0.29, 0.717) is 37.4 Å². The number of hydrogen-bond donors (Lipinski definition) is 1. The summed E-state index contributed by atoms with van der Waals surface area (Å²) in [6, 6.07) is 17.2. The highest BCUT2D eigenvalue weighted by molar-refractivity contribution is 9.10. The Kier molecular flexibility index (Phi) is 5.60. The van der Waals surface area contributed by atoms with Gasteiger partial charge < -0.3 is 5.32 Å². The Morgan fingerprint density at radius 2 is 1.35 bits per heavy atom. The molecule has 3 aliphatic carbocycles. The van der Waals surface area contributed by atoms with Gasteiger partial charge in [0.05, 0.1) is 16.9 Å². The molecule has 0 aromatic heterocycles. The van der Waals surface area contributed by atoms with Crippen molar-refractivity contribution < 1.29 is 14.4 Å². The maximum absolute atomic E-state index is 14.0. The van der Waals surface area contributed by atoms with Crippen molar-refractivity contribution in [2.24, 2.45) is 11.8 Å². The highest BCUT2D eigenvalue weighted by Crippen LogP contribution is 2.69. The van der Waals surface area contributed by atoms with Gasteiger partial charge in [0, 0.05) is 10.2 Å². The van der Waals surface area contributed by atoms with Crippen molar-refractivity contribution >= 4 is 74.1 Å². The molecule has 3 amide bonds. The lowest BCUT2D eigenvalue weighted by Crippen LogP contribution is -2.57. The molecule has 188 valence electrons. The number of imide groups is 1. The molecule has 0 unspecified atom stereocenters. The number of hydrogen-bond acceptors (Lipinski definition) is 3. The molecule has 1 N–H and O–H groups in total. The third-order valence-electron chi connectivity index (χ3n) is 7.91. The van der Waals surface area contributed by atoms with Gasteiger partial charge in [-0.15, -0.1) is 23.2 Å². The zero-order valence-electron chi connectivity index (χ0n) is 19.7. The van der Waals surface area contributed by atoms with Gasteiger partial charge in [0.2, 0.25) is 17.7 Å². The summed E-state index contributed by atoms with van der Waals surface area (Å²) in [5.41, 5.74) is 4.12. The van der Waals surface area contributed by atoms with E-state index >= 15 is 0 Å². The number of alkyl halides is 2. The van der Waals surface area contributed by atoms with E-state index in [-0.39, 0.29) is 0 Å². The van der Waals surface area contributed by atoms with E-state index in [1.807, 2.05) is 55.5 Å². The Hall–Kier alpha value is -2.38. The second-order valence-electron chi connectivity index (χ2n) is 9.76. The van der Waals surface area contributed by atoms with E-state index in [1.54, 1.807) is 12.1 Å². The lowest BCUT2D eigenvalue weighted by Gasteiger charge is -2.54. The van der Waals surface area contributed by atoms with Gasteiger partial charge in [-0.2, -0.15) is 0 Å². The third kappa shape index (κ3) is 3.13. The fourth-order valence-corrected chi connectivity index (χ4v) is 7.93. The minimum atomic E-state index is -1.29. The van der Waals surface area contributed by atoms with Crippen LogP contribution in [0.25, 0.3) is 0 Å². The number of nitrogens with zero attached hydrogens (tertiary/aromatic N) is 1. The van der Waals surface area contributed by atoms with Gasteiger partial charge in [-0.1, -0.05) is 60.1 Å². The van der Waals surface area contributed by atoms with Crippen LogP contribution in [0.15, 0.2) is 65.1 Å². The van der Waals surface area contributed by atoms with Gasteiger partial charge in [0.1, 0.15) is 15.8 Å². The molecule has 0 radical (unpaired) electrons. The van der Waals surface area contributed by atoms with Gasteiger partial charge in [-0.05, 0) is 69.7 Å². The first-order valence-electron chi connectivity index (χ1n) is 11.7. The number of carbonyl (C=O) groups is 3. The van der Waals surface area contributed by atoms with Crippen LogP contribution < -0.4 is 5.32 Å². The van der Waals surface area contributed by atoms with Crippen molar-refractivity contribution in [3.05, 3.63) is 98.0 Å². The standard InChI is InChI=1S/C28H20BrCl3N2O3/c1-13-11-19(29)20(30)12-21(13)33-24(35)14(2)34-25(36)22-23(26(34)37)28(32)16-8-4-3-7-15(16)27(22,31)17-9-5-6-10-18(17)28/h3-12,14,22-23H,1-2H3,(H,33,35)/t14-,22-,23-,27?,28?/m0/s1. The summed E-state index contributed by atoms with van der Waals surface area (Å²) in [6.45, 7) is 3.35. The van der Waals surface area contributed by atoms with Crippen molar-refractivity contribution in [2.45, 2.75) is 29.6 Å². The molecule has 2 bridgehead atoms. The van der Waals surface area contributed by atoms with Crippen LogP contribution in [0, 0.1) is 18.8 Å². The van der Waals surface area contributed by atoms with E-state index in [4.69, 9.17) is 34.8 Å². The van der Waals surface area contributed by atoms with E-state index < -0.39 is 45.3 Å². The molecule has 1 saturated heterocycles. The van der Waals surface area contributed by atoms with Gasteiger partial charge in [0.25, 0.3) is 0 Å². The van der Waals surface area contributed by atoms with Gasteiger partial charge in [-0.3, -0.25) is 19.3 Å². The van der Waals surface area contributed by atoms with Crippen molar-refractivity contribution in [1.29, 1.82) is 0 Å². The Balaban J connectivity index is 1.43. The minimum absolute atomic E-state index is 0.424. The topological polar surface area (TPSA) is 66.5 Å². The summed E-state index contributed by atoms with van der Waals surface area (Å²) in [4.78, 5) is 39.8. The van der Waals surface area contributed by atoms with Gasteiger partial charge in [0.15, 0.2) is 0 Å². The van der Waals surface area contributed by atoms with Crippen LogP contribution in [0.2, 0.25) is 5.02 Å². The maximum Gasteiger partial charge on any atom is 0.247 e. The fraction of sp³-hybridized carbons (Fsp3) is 0.250. The first-order valence-corrected chi connectivity index (χ1v) is 13.7.